The van der Waals surface area contributed by atoms with E-state index in [1.165, 1.54) is 6.08 Å². The summed E-state index contributed by atoms with van der Waals surface area (Å²) >= 11 is 0. The van der Waals surface area contributed by atoms with Crippen molar-refractivity contribution in [1.82, 2.24) is 24.8 Å². The fourth-order valence-corrected chi connectivity index (χ4v) is 4.18. The van der Waals surface area contributed by atoms with E-state index in [-0.39, 0.29) is 5.91 Å². The highest BCUT2D eigenvalue weighted by molar-refractivity contribution is 5.99. The molecule has 0 aliphatic carbocycles. The van der Waals surface area contributed by atoms with Crippen LogP contribution in [0.2, 0.25) is 0 Å². The molecule has 0 radical (unpaired) electrons. The Bertz CT molecular complexity index is 1450. The fraction of sp³-hybridized carbons (Fsp3) is 0.222. The van der Waals surface area contributed by atoms with E-state index in [2.05, 4.69) is 44.0 Å². The molecule has 4 aromatic rings. The zero-order chi connectivity index (χ0) is 25.8. The molecule has 1 saturated heterocycles. The lowest BCUT2D eigenvalue weighted by molar-refractivity contribution is -0.111. The molecule has 188 valence electrons. The van der Waals surface area contributed by atoms with Gasteiger partial charge in [0.1, 0.15) is 17.0 Å². The summed E-state index contributed by atoms with van der Waals surface area (Å²) in [7, 11) is 3.73. The third-order valence-electron chi connectivity index (χ3n) is 6.20. The Labute approximate surface area is 215 Å². The molecule has 2 N–H and O–H groups in total. The van der Waals surface area contributed by atoms with Gasteiger partial charge in [-0.25, -0.2) is 9.97 Å². The molecule has 1 aromatic carbocycles. The van der Waals surface area contributed by atoms with Crippen LogP contribution in [0.25, 0.3) is 22.2 Å². The second-order valence-corrected chi connectivity index (χ2v) is 8.71. The van der Waals surface area contributed by atoms with E-state index in [4.69, 9.17) is 14.7 Å². The van der Waals surface area contributed by atoms with Crippen molar-refractivity contribution in [3.63, 3.8) is 0 Å². The first-order valence-electron chi connectivity index (χ1n) is 11.9. The average Bonchev–Trinajstić information content (AvgIpc) is 2.93. The van der Waals surface area contributed by atoms with E-state index in [0.29, 0.717) is 34.4 Å². The predicted octanol–water partition coefficient (Wildman–Crippen LogP) is 3.72. The molecule has 0 unspecified atom stereocenters. The summed E-state index contributed by atoms with van der Waals surface area (Å²) < 4.78 is 5.58. The summed E-state index contributed by atoms with van der Waals surface area (Å²) in [5, 5.41) is 6.86. The topological polar surface area (TPSA) is 108 Å². The number of piperazine rings is 1. The van der Waals surface area contributed by atoms with Gasteiger partial charge in [-0.05, 0) is 43.5 Å². The highest BCUT2D eigenvalue weighted by atomic mass is 16.5. The monoisotopic (exact) mass is 496 g/mol. The van der Waals surface area contributed by atoms with Gasteiger partial charge in [-0.2, -0.15) is 4.98 Å². The minimum atomic E-state index is -0.280. The lowest BCUT2D eigenvalue weighted by atomic mass is 10.1. The SMILES string of the molecule is C=CC(=O)Nc1cccc(-c2nccc3cnc(Nc4ccc(N5CCN(C)CC5)nc4OC)nc23)c1. The Balaban J connectivity index is 1.44. The number of fused-ring (bicyclic) bond motifs is 1. The van der Waals surface area contributed by atoms with Crippen LogP contribution >= 0.6 is 0 Å². The summed E-state index contributed by atoms with van der Waals surface area (Å²) in [6, 6.07) is 13.2. The Morgan fingerprint density at radius 2 is 1.92 bits per heavy atom. The average molecular weight is 497 g/mol. The molecular formula is C27H28N8O2. The zero-order valence-corrected chi connectivity index (χ0v) is 20.8. The van der Waals surface area contributed by atoms with Gasteiger partial charge in [0.05, 0.1) is 12.8 Å². The summed E-state index contributed by atoms with van der Waals surface area (Å²) in [4.78, 5) is 34.8. The second-order valence-electron chi connectivity index (χ2n) is 8.71. The molecular weight excluding hydrogens is 468 g/mol. The molecule has 0 spiro atoms. The highest BCUT2D eigenvalue weighted by Crippen LogP contribution is 2.30. The van der Waals surface area contributed by atoms with Crippen LogP contribution in [0.4, 0.5) is 23.1 Å². The van der Waals surface area contributed by atoms with E-state index in [1.807, 2.05) is 42.5 Å². The molecule has 1 fully saturated rings. The van der Waals surface area contributed by atoms with Gasteiger partial charge in [0.2, 0.25) is 17.7 Å². The maximum Gasteiger partial charge on any atom is 0.247 e. The number of benzene rings is 1. The van der Waals surface area contributed by atoms with Gasteiger partial charge in [-0.3, -0.25) is 9.78 Å². The van der Waals surface area contributed by atoms with E-state index in [9.17, 15) is 4.79 Å². The van der Waals surface area contributed by atoms with Gasteiger partial charge in [-0.15, -0.1) is 0 Å². The number of rotatable bonds is 7. The molecule has 1 amide bonds. The Kier molecular flexibility index (Phi) is 6.91. The van der Waals surface area contributed by atoms with Crippen LogP contribution in [-0.4, -0.2) is 71.1 Å². The van der Waals surface area contributed by atoms with Crippen molar-refractivity contribution in [2.75, 3.05) is 55.9 Å². The number of hydrogen-bond donors (Lipinski definition) is 2. The first kappa shape index (κ1) is 24.1. The molecule has 0 bridgehead atoms. The number of carbonyl (C=O) groups excluding carboxylic acids is 1. The second kappa shape index (κ2) is 10.6. The number of aromatic nitrogens is 4. The molecule has 1 aliphatic heterocycles. The number of methoxy groups -OCH3 is 1. The van der Waals surface area contributed by atoms with Crippen molar-refractivity contribution in [2.45, 2.75) is 0 Å². The Morgan fingerprint density at radius 3 is 2.70 bits per heavy atom. The standard InChI is InChI=1S/C27H28N8O2/c1-4-23(36)30-20-7-5-6-18(16-20)24-25-19(10-11-28-24)17-29-27(33-25)31-21-8-9-22(32-26(21)37-3)35-14-12-34(2)13-15-35/h4-11,16-17H,1,12-15H2,2-3H3,(H,30,36)(H,29,31,33). The van der Waals surface area contributed by atoms with E-state index in [0.717, 1.165) is 42.9 Å². The maximum absolute atomic E-state index is 11.7. The van der Waals surface area contributed by atoms with Gasteiger partial charge in [0, 0.05) is 55.2 Å². The van der Waals surface area contributed by atoms with Crippen molar-refractivity contribution < 1.29 is 9.53 Å². The fourth-order valence-electron chi connectivity index (χ4n) is 4.18. The van der Waals surface area contributed by atoms with Gasteiger partial charge in [-0.1, -0.05) is 18.7 Å². The molecule has 0 saturated carbocycles. The molecule has 10 nitrogen and oxygen atoms in total. The van der Waals surface area contributed by atoms with Crippen molar-refractivity contribution in [3.8, 4) is 17.1 Å². The van der Waals surface area contributed by atoms with E-state index < -0.39 is 0 Å². The van der Waals surface area contributed by atoms with Crippen molar-refractivity contribution in [2.24, 2.45) is 0 Å². The van der Waals surface area contributed by atoms with Gasteiger partial charge in [0.15, 0.2) is 0 Å². The first-order chi connectivity index (χ1) is 18.0. The van der Waals surface area contributed by atoms with Crippen LogP contribution in [0.15, 0.2) is 67.5 Å². The van der Waals surface area contributed by atoms with Crippen LogP contribution in [0, 0.1) is 0 Å². The van der Waals surface area contributed by atoms with Crippen LogP contribution in [0.1, 0.15) is 0 Å². The lowest BCUT2D eigenvalue weighted by Gasteiger charge is -2.33. The van der Waals surface area contributed by atoms with Crippen molar-refractivity contribution in [3.05, 3.63) is 67.5 Å². The number of amides is 1. The van der Waals surface area contributed by atoms with Crippen molar-refractivity contribution in [1.29, 1.82) is 0 Å². The van der Waals surface area contributed by atoms with Gasteiger partial charge >= 0.3 is 0 Å². The normalized spacial score (nSPS) is 13.8. The van der Waals surface area contributed by atoms with Crippen LogP contribution in [0.5, 0.6) is 5.88 Å². The van der Waals surface area contributed by atoms with Gasteiger partial charge < -0.3 is 25.2 Å². The highest BCUT2D eigenvalue weighted by Gasteiger charge is 2.18. The number of pyridine rings is 2. The molecule has 10 heteroatoms. The van der Waals surface area contributed by atoms with Gasteiger partial charge in [0.25, 0.3) is 0 Å². The zero-order valence-electron chi connectivity index (χ0n) is 20.8. The van der Waals surface area contributed by atoms with Crippen molar-refractivity contribution >= 4 is 40.0 Å². The number of hydrogen-bond acceptors (Lipinski definition) is 9. The van der Waals surface area contributed by atoms with Crippen LogP contribution < -0.4 is 20.3 Å². The number of nitrogens with one attached hydrogen (secondary N) is 2. The number of anilines is 4. The van der Waals surface area contributed by atoms with E-state index in [1.54, 1.807) is 19.5 Å². The third kappa shape index (κ3) is 5.34. The quantitative estimate of drug-likeness (QED) is 0.370. The smallest absolute Gasteiger partial charge is 0.247 e. The molecule has 0 atom stereocenters. The first-order valence-corrected chi connectivity index (χ1v) is 11.9. The predicted molar refractivity (Wildman–Crippen MR) is 145 cm³/mol. The third-order valence-corrected chi connectivity index (χ3v) is 6.20. The summed E-state index contributed by atoms with van der Waals surface area (Å²) in [5.74, 6) is 1.46. The molecule has 5 rings (SSSR count). The molecule has 1 aliphatic rings. The molecule has 37 heavy (non-hydrogen) atoms. The molecule has 4 heterocycles. The minimum Gasteiger partial charge on any atom is -0.479 e. The van der Waals surface area contributed by atoms with Crippen LogP contribution in [-0.2, 0) is 4.79 Å². The maximum atomic E-state index is 11.7. The minimum absolute atomic E-state index is 0.280. The van der Waals surface area contributed by atoms with E-state index >= 15 is 0 Å². The number of likely N-dealkylation sites (N-methyl/N-ethyl adjacent to an activating group) is 1. The number of ether oxygens (including phenoxy) is 1. The summed E-state index contributed by atoms with van der Waals surface area (Å²) in [6.07, 6.45) is 4.69. The van der Waals surface area contributed by atoms with Crippen LogP contribution in [0.3, 0.4) is 0 Å². The Morgan fingerprint density at radius 1 is 1.08 bits per heavy atom. The Hall–Kier alpha value is -4.57. The molecule has 3 aromatic heterocycles. The summed E-state index contributed by atoms with van der Waals surface area (Å²) in [6.45, 7) is 7.33. The summed E-state index contributed by atoms with van der Waals surface area (Å²) in [5.41, 5.74) is 3.47. The number of carbonyl (C=O) groups is 1. The number of nitrogens with zero attached hydrogens (tertiary/aromatic N) is 6. The largest absolute Gasteiger partial charge is 0.479 e. The lowest BCUT2D eigenvalue weighted by Crippen LogP contribution is -2.44.